The van der Waals surface area contributed by atoms with Gasteiger partial charge in [0.15, 0.2) is 0 Å². The third-order valence-electron chi connectivity index (χ3n) is 5.77. The molecule has 166 valence electrons. The molecular formula is C24H29ClN2O4. The highest BCUT2D eigenvalue weighted by Crippen LogP contribution is 2.23. The number of nitrogens with zero attached hydrogens (tertiary/aromatic N) is 1. The molecule has 2 fully saturated rings. The number of morpholine rings is 1. The number of benzene rings is 2. The van der Waals surface area contributed by atoms with Gasteiger partial charge in [0.2, 0.25) is 0 Å². The van der Waals surface area contributed by atoms with Gasteiger partial charge in [-0.25, -0.2) is 0 Å². The minimum Gasteiger partial charge on any atom is -0.491 e. The van der Waals surface area contributed by atoms with Gasteiger partial charge < -0.3 is 19.5 Å². The van der Waals surface area contributed by atoms with Gasteiger partial charge in [-0.15, -0.1) is 0 Å². The van der Waals surface area contributed by atoms with Crippen LogP contribution in [0.4, 0.5) is 0 Å². The minimum absolute atomic E-state index is 0.0686. The SMILES string of the molecule is O=C(NCC(c1ccc(Cl)cc1)N1CCOCC1)c1ccc(OCC2CCCO2)cc1. The molecule has 2 aliphatic rings. The summed E-state index contributed by atoms with van der Waals surface area (Å²) < 4.78 is 16.9. The van der Waals surface area contributed by atoms with Gasteiger partial charge in [0.25, 0.3) is 5.91 Å². The first kappa shape index (κ1) is 22.1. The molecule has 1 amide bonds. The van der Waals surface area contributed by atoms with E-state index in [1.165, 1.54) is 0 Å². The number of hydrogen-bond donors (Lipinski definition) is 1. The maximum Gasteiger partial charge on any atom is 0.251 e. The van der Waals surface area contributed by atoms with Crippen LogP contribution in [0.15, 0.2) is 48.5 Å². The summed E-state index contributed by atoms with van der Waals surface area (Å²) >= 11 is 6.06. The van der Waals surface area contributed by atoms with Gasteiger partial charge in [-0.3, -0.25) is 9.69 Å². The Bertz CT molecular complexity index is 832. The van der Waals surface area contributed by atoms with Gasteiger partial charge in [0.05, 0.1) is 25.4 Å². The first-order chi connectivity index (χ1) is 15.2. The second-order valence-corrected chi connectivity index (χ2v) is 8.33. The molecule has 2 unspecified atom stereocenters. The zero-order valence-electron chi connectivity index (χ0n) is 17.6. The highest BCUT2D eigenvalue weighted by atomic mass is 35.5. The number of hydrogen-bond acceptors (Lipinski definition) is 5. The average molecular weight is 445 g/mol. The van der Waals surface area contributed by atoms with Crippen molar-refractivity contribution in [2.45, 2.75) is 25.0 Å². The summed E-state index contributed by atoms with van der Waals surface area (Å²) in [5, 5.41) is 3.79. The van der Waals surface area contributed by atoms with E-state index in [0.717, 1.165) is 43.9 Å². The molecule has 2 aromatic carbocycles. The topological polar surface area (TPSA) is 60.0 Å². The Kier molecular flexibility index (Phi) is 7.81. The largest absolute Gasteiger partial charge is 0.491 e. The molecule has 0 aromatic heterocycles. The minimum atomic E-state index is -0.0992. The molecule has 1 N–H and O–H groups in total. The molecule has 2 atom stereocenters. The van der Waals surface area contributed by atoms with Crippen molar-refractivity contribution in [1.29, 1.82) is 0 Å². The van der Waals surface area contributed by atoms with Gasteiger partial charge in [0, 0.05) is 36.8 Å². The Labute approximate surface area is 188 Å². The van der Waals surface area contributed by atoms with Crippen LogP contribution in [0.1, 0.15) is 34.8 Å². The quantitative estimate of drug-likeness (QED) is 0.672. The lowest BCUT2D eigenvalue weighted by molar-refractivity contribution is 0.0162. The molecule has 0 spiro atoms. The molecule has 2 aliphatic heterocycles. The number of nitrogens with one attached hydrogen (secondary N) is 1. The molecule has 0 aliphatic carbocycles. The monoisotopic (exact) mass is 444 g/mol. The average Bonchev–Trinajstić information content (AvgIpc) is 3.34. The fourth-order valence-electron chi connectivity index (χ4n) is 3.99. The predicted octanol–water partition coefficient (Wildman–Crippen LogP) is 3.70. The number of carbonyl (C=O) groups excluding carboxylic acids is 1. The number of halogens is 1. The lowest BCUT2D eigenvalue weighted by atomic mass is 10.0. The van der Waals surface area contributed by atoms with Crippen molar-refractivity contribution < 1.29 is 19.0 Å². The van der Waals surface area contributed by atoms with Gasteiger partial charge in [-0.05, 0) is 54.8 Å². The molecule has 2 heterocycles. The van der Waals surface area contributed by atoms with E-state index in [9.17, 15) is 4.79 Å². The van der Waals surface area contributed by atoms with Gasteiger partial charge in [-0.1, -0.05) is 23.7 Å². The number of amides is 1. The van der Waals surface area contributed by atoms with Crippen LogP contribution in [0.3, 0.4) is 0 Å². The maximum atomic E-state index is 12.8. The molecular weight excluding hydrogens is 416 g/mol. The van der Waals surface area contributed by atoms with Crippen LogP contribution in [-0.2, 0) is 9.47 Å². The van der Waals surface area contributed by atoms with Crippen LogP contribution in [0, 0.1) is 0 Å². The molecule has 31 heavy (non-hydrogen) atoms. The zero-order chi connectivity index (χ0) is 21.5. The molecule has 0 saturated carbocycles. The van der Waals surface area contributed by atoms with Crippen molar-refractivity contribution in [3.63, 3.8) is 0 Å². The third kappa shape index (κ3) is 6.20. The summed E-state index contributed by atoms with van der Waals surface area (Å²) in [6.07, 6.45) is 2.31. The Morgan fingerprint density at radius 1 is 1.10 bits per heavy atom. The van der Waals surface area contributed by atoms with Crippen LogP contribution in [0.25, 0.3) is 0 Å². The number of rotatable bonds is 8. The normalized spacial score (nSPS) is 20.4. The van der Waals surface area contributed by atoms with Crippen LogP contribution in [0.2, 0.25) is 5.02 Å². The van der Waals surface area contributed by atoms with Crippen LogP contribution in [0.5, 0.6) is 5.75 Å². The summed E-state index contributed by atoms with van der Waals surface area (Å²) in [6, 6.07) is 15.2. The van der Waals surface area contributed by atoms with E-state index in [1.807, 2.05) is 36.4 Å². The van der Waals surface area contributed by atoms with E-state index < -0.39 is 0 Å². The lowest BCUT2D eigenvalue weighted by Crippen LogP contribution is -2.43. The van der Waals surface area contributed by atoms with Crippen molar-refractivity contribution >= 4 is 17.5 Å². The molecule has 7 heteroatoms. The van der Waals surface area contributed by atoms with Crippen LogP contribution >= 0.6 is 11.6 Å². The third-order valence-corrected chi connectivity index (χ3v) is 6.03. The number of ether oxygens (including phenoxy) is 3. The van der Waals surface area contributed by atoms with Crippen molar-refractivity contribution in [2.75, 3.05) is 46.1 Å². The summed E-state index contributed by atoms with van der Waals surface area (Å²) in [5.41, 5.74) is 1.74. The fourth-order valence-corrected chi connectivity index (χ4v) is 4.12. The Morgan fingerprint density at radius 3 is 2.52 bits per heavy atom. The van der Waals surface area contributed by atoms with Crippen molar-refractivity contribution in [2.24, 2.45) is 0 Å². The summed E-state index contributed by atoms with van der Waals surface area (Å²) in [6.45, 7) is 4.94. The van der Waals surface area contributed by atoms with Crippen molar-refractivity contribution in [1.82, 2.24) is 10.2 Å². The molecule has 0 bridgehead atoms. The van der Waals surface area contributed by atoms with Gasteiger partial charge in [0.1, 0.15) is 12.4 Å². The predicted molar refractivity (Wildman–Crippen MR) is 120 cm³/mol. The summed E-state index contributed by atoms with van der Waals surface area (Å²) in [4.78, 5) is 15.1. The Morgan fingerprint density at radius 2 is 1.84 bits per heavy atom. The Hall–Kier alpha value is -2.12. The lowest BCUT2D eigenvalue weighted by Gasteiger charge is -2.35. The fraction of sp³-hybridized carbons (Fsp3) is 0.458. The van der Waals surface area contributed by atoms with Crippen LogP contribution in [-0.4, -0.2) is 63.0 Å². The summed E-state index contributed by atoms with van der Waals surface area (Å²) in [5.74, 6) is 0.650. The van der Waals surface area contributed by atoms with Gasteiger partial charge >= 0.3 is 0 Å². The van der Waals surface area contributed by atoms with Gasteiger partial charge in [-0.2, -0.15) is 0 Å². The second kappa shape index (κ2) is 11.0. The molecule has 4 rings (SSSR count). The highest BCUT2D eigenvalue weighted by molar-refractivity contribution is 6.30. The zero-order valence-corrected chi connectivity index (χ0v) is 18.4. The van der Waals surface area contributed by atoms with Crippen LogP contribution < -0.4 is 10.1 Å². The first-order valence-corrected chi connectivity index (χ1v) is 11.3. The second-order valence-electron chi connectivity index (χ2n) is 7.90. The molecule has 6 nitrogen and oxygen atoms in total. The maximum absolute atomic E-state index is 12.8. The summed E-state index contributed by atoms with van der Waals surface area (Å²) in [7, 11) is 0. The molecule has 0 radical (unpaired) electrons. The van der Waals surface area contributed by atoms with E-state index in [4.69, 9.17) is 25.8 Å². The standard InChI is InChI=1S/C24H29ClN2O4/c25-20-7-3-18(4-8-20)23(27-11-14-29-15-12-27)16-26-24(28)19-5-9-21(10-6-19)31-17-22-2-1-13-30-22/h3-10,22-23H,1-2,11-17H2,(H,26,28). The van der Waals surface area contributed by atoms with E-state index in [0.29, 0.717) is 37.0 Å². The van der Waals surface area contributed by atoms with E-state index in [1.54, 1.807) is 12.1 Å². The van der Waals surface area contributed by atoms with E-state index in [-0.39, 0.29) is 18.1 Å². The Balaban J connectivity index is 1.34. The van der Waals surface area contributed by atoms with Crippen molar-refractivity contribution in [3.05, 3.63) is 64.7 Å². The molecule has 2 aromatic rings. The highest BCUT2D eigenvalue weighted by Gasteiger charge is 2.23. The van der Waals surface area contributed by atoms with E-state index >= 15 is 0 Å². The van der Waals surface area contributed by atoms with E-state index in [2.05, 4.69) is 10.2 Å². The van der Waals surface area contributed by atoms with Crippen molar-refractivity contribution in [3.8, 4) is 5.75 Å². The smallest absolute Gasteiger partial charge is 0.251 e. The number of carbonyl (C=O) groups is 1. The first-order valence-electron chi connectivity index (χ1n) is 10.9. The molecule has 2 saturated heterocycles.